The molecule has 2 heterocycles. The molecule has 4 N–H and O–H groups in total. The number of alkyl carbamates (subject to hydrolysis) is 1. The van der Waals surface area contributed by atoms with Gasteiger partial charge >= 0.3 is 6.09 Å². The molecule has 63 heavy (non-hydrogen) atoms. The van der Waals surface area contributed by atoms with Crippen LogP contribution in [0.25, 0.3) is 22.2 Å². The number of aromatic nitrogens is 1. The number of sulfonamides is 1. The fourth-order valence-corrected chi connectivity index (χ4v) is 8.52. The number of anilines is 1. The van der Waals surface area contributed by atoms with Gasteiger partial charge in [0.2, 0.25) is 17.7 Å². The molecule has 3 aromatic carbocycles. The lowest BCUT2D eigenvalue weighted by atomic mass is 9.85. The van der Waals surface area contributed by atoms with Crippen LogP contribution < -0.4 is 30.1 Å². The maximum atomic E-state index is 14.8. The van der Waals surface area contributed by atoms with Crippen molar-refractivity contribution in [3.8, 4) is 22.8 Å². The number of hydrogen-bond acceptors (Lipinski definition) is 11. The normalized spacial score (nSPS) is 20.2. The molecule has 0 spiro atoms. The van der Waals surface area contributed by atoms with E-state index in [-0.39, 0.29) is 30.2 Å². The summed E-state index contributed by atoms with van der Waals surface area (Å²) in [5, 5.41) is 8.70. The Bertz CT molecular complexity index is 2540. The van der Waals surface area contributed by atoms with Gasteiger partial charge in [0.05, 0.1) is 29.8 Å². The Hall–Kier alpha value is -6.49. The lowest BCUT2D eigenvalue weighted by molar-refractivity contribution is -0.143. The number of nitrogens with zero attached hydrogens (tertiary/aromatic N) is 2. The molecule has 1 aromatic heterocycles. The zero-order valence-electron chi connectivity index (χ0n) is 36.6. The van der Waals surface area contributed by atoms with Crippen molar-refractivity contribution in [3.05, 3.63) is 91.5 Å². The van der Waals surface area contributed by atoms with Crippen molar-refractivity contribution >= 4 is 56.3 Å². The first kappa shape index (κ1) is 46.0. The molecule has 17 heteroatoms. The Kier molecular flexibility index (Phi) is 12.9. The summed E-state index contributed by atoms with van der Waals surface area (Å²) in [5.41, 5.74) is -1.11. The molecular weight excluding hydrogens is 829 g/mol. The molecule has 5 amide bonds. The third-order valence-electron chi connectivity index (χ3n) is 10.7. The van der Waals surface area contributed by atoms with Gasteiger partial charge in [0.25, 0.3) is 15.9 Å². The SMILES string of the molecule is C=CC1C[C@]1(NC(=O)[C@@H]1C[C@@H](Oc2cc(-c3ccccc3)nc3cc(OC)ccc23)CN1C(=O)C(NC(=O)OC(C)(C)C)C(C)(C)C)C(=O)NS(=O)(=O)c1ccc(NC(C)=O)cc1. The lowest BCUT2D eigenvalue weighted by Gasteiger charge is -2.36. The van der Waals surface area contributed by atoms with E-state index in [9.17, 15) is 32.4 Å². The molecule has 6 rings (SSSR count). The van der Waals surface area contributed by atoms with Crippen LogP contribution in [0.2, 0.25) is 0 Å². The molecule has 16 nitrogen and oxygen atoms in total. The average Bonchev–Trinajstić information content (AvgIpc) is 3.77. The number of rotatable bonds is 13. The highest BCUT2D eigenvalue weighted by atomic mass is 32.2. The molecule has 1 aliphatic carbocycles. The van der Waals surface area contributed by atoms with Crippen molar-refractivity contribution in [2.45, 2.75) is 95.5 Å². The Labute approximate surface area is 367 Å². The smallest absolute Gasteiger partial charge is 0.408 e. The van der Waals surface area contributed by atoms with Gasteiger partial charge in [-0.3, -0.25) is 19.2 Å². The zero-order valence-corrected chi connectivity index (χ0v) is 37.4. The summed E-state index contributed by atoms with van der Waals surface area (Å²) >= 11 is 0. The molecule has 1 saturated heterocycles. The van der Waals surface area contributed by atoms with Gasteiger partial charge in [-0.2, -0.15) is 0 Å². The summed E-state index contributed by atoms with van der Waals surface area (Å²) in [4.78, 5) is 74.0. The molecule has 0 radical (unpaired) electrons. The van der Waals surface area contributed by atoms with Gasteiger partial charge in [0.1, 0.15) is 40.8 Å². The highest BCUT2D eigenvalue weighted by Crippen LogP contribution is 2.45. The standard InChI is InChI=1S/C46H54N6O10S/c1-10-29-25-46(29,42(56)51-63(58,59)33-19-16-30(17-20-33)47-27(2)53)50-40(54)37-23-32(26-52(37)41(55)39(44(3,4)5)49-43(57)62-45(6,7)8)61-38-24-35(28-14-12-11-13-15-28)48-36-22-31(60-9)18-21-34(36)38/h10-22,24,29,32,37,39H,1,23,25-26H2,2-9H3,(H,47,53)(H,49,57)(H,50,54)(H,51,56)/t29?,32-,37+,39?,46-/m1/s1. The number of nitrogens with one attached hydrogen (secondary N) is 4. The molecule has 2 aliphatic rings. The Morgan fingerprint density at radius 2 is 1.63 bits per heavy atom. The van der Waals surface area contributed by atoms with Crippen molar-refractivity contribution in [2.75, 3.05) is 19.0 Å². The fourth-order valence-electron chi connectivity index (χ4n) is 7.48. The summed E-state index contributed by atoms with van der Waals surface area (Å²) < 4.78 is 46.7. The van der Waals surface area contributed by atoms with Crippen molar-refractivity contribution in [3.63, 3.8) is 0 Å². The van der Waals surface area contributed by atoms with Gasteiger partial charge in [-0.15, -0.1) is 6.58 Å². The number of methoxy groups -OCH3 is 1. The lowest BCUT2D eigenvalue weighted by Crippen LogP contribution is -2.60. The van der Waals surface area contributed by atoms with Crippen LogP contribution in [0.3, 0.4) is 0 Å². The number of pyridine rings is 1. The number of benzene rings is 3. The predicted octanol–water partition coefficient (Wildman–Crippen LogP) is 5.72. The predicted molar refractivity (Wildman–Crippen MR) is 236 cm³/mol. The number of likely N-dealkylation sites (tertiary alicyclic amines) is 1. The first-order valence-corrected chi connectivity index (χ1v) is 21.9. The first-order chi connectivity index (χ1) is 29.5. The van der Waals surface area contributed by atoms with Gasteiger partial charge in [0.15, 0.2) is 0 Å². The van der Waals surface area contributed by atoms with E-state index < -0.39 is 74.5 Å². The van der Waals surface area contributed by atoms with E-state index in [1.165, 1.54) is 42.2 Å². The average molecular weight is 883 g/mol. The van der Waals surface area contributed by atoms with Gasteiger partial charge in [0, 0.05) is 48.0 Å². The minimum absolute atomic E-state index is 0.0329. The van der Waals surface area contributed by atoms with E-state index in [1.54, 1.807) is 66.9 Å². The van der Waals surface area contributed by atoms with E-state index in [2.05, 4.69) is 27.3 Å². The van der Waals surface area contributed by atoms with Gasteiger partial charge in [-0.05, 0) is 69.0 Å². The Morgan fingerprint density at radius 1 is 0.952 bits per heavy atom. The van der Waals surface area contributed by atoms with Gasteiger partial charge < -0.3 is 35.1 Å². The molecule has 5 atom stereocenters. The number of amides is 5. The molecular formula is C46H54N6O10S. The molecule has 2 unspecified atom stereocenters. The molecule has 0 bridgehead atoms. The minimum atomic E-state index is -4.45. The summed E-state index contributed by atoms with van der Waals surface area (Å²) in [7, 11) is -2.89. The van der Waals surface area contributed by atoms with Crippen LogP contribution in [0.4, 0.5) is 10.5 Å². The first-order valence-electron chi connectivity index (χ1n) is 20.4. The largest absolute Gasteiger partial charge is 0.497 e. The van der Waals surface area contributed by atoms with E-state index in [1.807, 2.05) is 36.4 Å². The Balaban J connectivity index is 1.33. The van der Waals surface area contributed by atoms with E-state index in [0.29, 0.717) is 33.8 Å². The molecule has 4 aromatic rings. The van der Waals surface area contributed by atoms with Crippen LogP contribution >= 0.6 is 0 Å². The summed E-state index contributed by atoms with van der Waals surface area (Å²) in [6.07, 6.45) is -0.179. The second-order valence-electron chi connectivity index (χ2n) is 17.8. The van der Waals surface area contributed by atoms with E-state index in [0.717, 1.165) is 5.56 Å². The second kappa shape index (κ2) is 17.7. The quantitative estimate of drug-likeness (QED) is 0.119. The fraction of sp³-hybridized carbons (Fsp3) is 0.391. The third kappa shape index (κ3) is 10.6. The monoisotopic (exact) mass is 882 g/mol. The zero-order chi connectivity index (χ0) is 46.1. The molecule has 1 saturated carbocycles. The molecule has 2 fully saturated rings. The molecule has 334 valence electrons. The van der Waals surface area contributed by atoms with Crippen molar-refractivity contribution in [1.82, 2.24) is 25.2 Å². The minimum Gasteiger partial charge on any atom is -0.497 e. The topological polar surface area (TPSA) is 211 Å². The maximum Gasteiger partial charge on any atom is 0.408 e. The van der Waals surface area contributed by atoms with Crippen LogP contribution in [0.1, 0.15) is 61.3 Å². The van der Waals surface area contributed by atoms with Crippen molar-refractivity contribution in [1.29, 1.82) is 0 Å². The maximum absolute atomic E-state index is 14.8. The van der Waals surface area contributed by atoms with Crippen molar-refractivity contribution < 1.29 is 46.6 Å². The van der Waals surface area contributed by atoms with Crippen LogP contribution in [0.15, 0.2) is 96.4 Å². The van der Waals surface area contributed by atoms with Gasteiger partial charge in [-0.25, -0.2) is 22.9 Å². The number of hydrogen-bond donors (Lipinski definition) is 4. The van der Waals surface area contributed by atoms with E-state index in [4.69, 9.17) is 19.2 Å². The van der Waals surface area contributed by atoms with Crippen LogP contribution in [0.5, 0.6) is 11.5 Å². The summed E-state index contributed by atoms with van der Waals surface area (Å²) in [5.74, 6) is -2.34. The number of fused-ring (bicyclic) bond motifs is 1. The van der Waals surface area contributed by atoms with Crippen molar-refractivity contribution in [2.24, 2.45) is 11.3 Å². The number of carbonyl (C=O) groups is 5. The van der Waals surface area contributed by atoms with Gasteiger partial charge in [-0.1, -0.05) is 57.2 Å². The highest BCUT2D eigenvalue weighted by Gasteiger charge is 2.61. The third-order valence-corrected chi connectivity index (χ3v) is 12.1. The van der Waals surface area contributed by atoms with Crippen LogP contribution in [0, 0.1) is 11.3 Å². The number of carbonyl (C=O) groups excluding carboxylic acids is 5. The summed E-state index contributed by atoms with van der Waals surface area (Å²) in [6.45, 7) is 15.4. The Morgan fingerprint density at radius 3 is 2.22 bits per heavy atom. The van der Waals surface area contributed by atoms with Crippen LogP contribution in [-0.2, 0) is 33.9 Å². The van der Waals surface area contributed by atoms with Crippen LogP contribution in [-0.4, -0.2) is 91.0 Å². The summed E-state index contributed by atoms with van der Waals surface area (Å²) in [6, 6.07) is 19.4. The van der Waals surface area contributed by atoms with E-state index >= 15 is 0 Å². The second-order valence-corrected chi connectivity index (χ2v) is 19.5. The highest BCUT2D eigenvalue weighted by molar-refractivity contribution is 7.90. The molecule has 1 aliphatic heterocycles. The number of ether oxygens (including phenoxy) is 3.